The van der Waals surface area contributed by atoms with Gasteiger partial charge in [0.05, 0.1) is 16.0 Å². The van der Waals surface area contributed by atoms with Gasteiger partial charge in [0, 0.05) is 42.9 Å². The average Bonchev–Trinajstić information content (AvgIpc) is 2.88. The largest absolute Gasteiger partial charge is 0.478 e. The summed E-state index contributed by atoms with van der Waals surface area (Å²) in [5.41, 5.74) is 2.84. The molecular weight excluding hydrogens is 476 g/mol. The molecule has 2 N–H and O–H groups in total. The molecule has 2 heterocycles. The van der Waals surface area contributed by atoms with Crippen molar-refractivity contribution in [1.82, 2.24) is 4.98 Å². The Morgan fingerprint density at radius 2 is 1.61 bits per heavy atom. The third-order valence-corrected chi connectivity index (χ3v) is 7.68. The number of aromatic nitrogens is 1. The normalized spacial score (nSPS) is 14.1. The summed E-state index contributed by atoms with van der Waals surface area (Å²) < 4.78 is 28.2. The zero-order valence-corrected chi connectivity index (χ0v) is 20.6. The number of hydrogen-bond acceptors (Lipinski definition) is 6. The van der Waals surface area contributed by atoms with Crippen LogP contribution in [-0.2, 0) is 10.0 Å². The van der Waals surface area contributed by atoms with Crippen LogP contribution in [0.4, 0.5) is 17.2 Å². The highest BCUT2D eigenvalue weighted by molar-refractivity contribution is 7.92. The molecule has 0 unspecified atom stereocenters. The molecule has 1 aliphatic rings. The van der Waals surface area contributed by atoms with Crippen molar-refractivity contribution in [3.63, 3.8) is 0 Å². The van der Waals surface area contributed by atoms with Crippen molar-refractivity contribution in [3.05, 3.63) is 90.0 Å². The van der Waals surface area contributed by atoms with E-state index in [1.165, 1.54) is 12.1 Å². The summed E-state index contributed by atoms with van der Waals surface area (Å²) in [6.45, 7) is 4.83. The van der Waals surface area contributed by atoms with Gasteiger partial charge in [-0.2, -0.15) is 0 Å². The van der Waals surface area contributed by atoms with Crippen molar-refractivity contribution < 1.29 is 18.3 Å². The highest BCUT2D eigenvalue weighted by atomic mass is 32.2. The molecule has 0 saturated carbocycles. The zero-order valence-electron chi connectivity index (χ0n) is 19.8. The SMILES string of the molecule is Cc1cccc(S(=O)(=O)Nc2ccc3nc(N4CCN(c5ccccc5)CC4)cc(C(=O)O)c3c2)c1. The number of aryl methyl sites for hydroxylation is 1. The number of hydrogen-bond donors (Lipinski definition) is 2. The van der Waals surface area contributed by atoms with E-state index in [0.29, 0.717) is 29.8 Å². The molecule has 0 bridgehead atoms. The van der Waals surface area contributed by atoms with Gasteiger partial charge >= 0.3 is 5.97 Å². The first-order valence-electron chi connectivity index (χ1n) is 11.6. The quantitative estimate of drug-likeness (QED) is 0.404. The van der Waals surface area contributed by atoms with E-state index in [2.05, 4.69) is 26.7 Å². The number of sulfonamides is 1. The van der Waals surface area contributed by atoms with Crippen LogP contribution in [0.3, 0.4) is 0 Å². The van der Waals surface area contributed by atoms with Crippen molar-refractivity contribution in [3.8, 4) is 0 Å². The molecule has 0 atom stereocenters. The average molecular weight is 503 g/mol. The van der Waals surface area contributed by atoms with Gasteiger partial charge in [0.15, 0.2) is 0 Å². The summed E-state index contributed by atoms with van der Waals surface area (Å²) in [7, 11) is -3.82. The third-order valence-electron chi connectivity index (χ3n) is 6.30. The molecule has 1 saturated heterocycles. The lowest BCUT2D eigenvalue weighted by Crippen LogP contribution is -2.46. The number of para-hydroxylation sites is 1. The van der Waals surface area contributed by atoms with E-state index in [1.807, 2.05) is 31.2 Å². The highest BCUT2D eigenvalue weighted by Crippen LogP contribution is 2.28. The lowest BCUT2D eigenvalue weighted by molar-refractivity contribution is 0.0699. The van der Waals surface area contributed by atoms with Crippen LogP contribution in [0, 0.1) is 6.92 Å². The number of carboxylic acid groups (broad SMARTS) is 1. The minimum Gasteiger partial charge on any atom is -0.478 e. The van der Waals surface area contributed by atoms with Gasteiger partial charge in [0.1, 0.15) is 5.82 Å². The lowest BCUT2D eigenvalue weighted by atomic mass is 10.1. The van der Waals surface area contributed by atoms with Gasteiger partial charge in [-0.05, 0) is 61.0 Å². The fourth-order valence-corrected chi connectivity index (χ4v) is 5.60. The molecule has 0 radical (unpaired) electrons. The molecule has 1 fully saturated rings. The van der Waals surface area contributed by atoms with Crippen molar-refractivity contribution in [2.45, 2.75) is 11.8 Å². The lowest BCUT2D eigenvalue weighted by Gasteiger charge is -2.37. The number of nitrogens with one attached hydrogen (secondary N) is 1. The van der Waals surface area contributed by atoms with Crippen molar-refractivity contribution in [2.75, 3.05) is 40.7 Å². The predicted molar refractivity (Wildman–Crippen MR) is 142 cm³/mol. The summed E-state index contributed by atoms with van der Waals surface area (Å²) in [6, 6.07) is 23.1. The molecule has 5 rings (SSSR count). The first kappa shape index (κ1) is 23.6. The number of nitrogens with zero attached hydrogens (tertiary/aromatic N) is 3. The molecule has 184 valence electrons. The second kappa shape index (κ2) is 9.50. The van der Waals surface area contributed by atoms with Gasteiger partial charge in [-0.25, -0.2) is 18.2 Å². The van der Waals surface area contributed by atoms with Crippen LogP contribution in [0.15, 0.2) is 83.8 Å². The van der Waals surface area contributed by atoms with Gasteiger partial charge in [0.25, 0.3) is 10.0 Å². The minimum absolute atomic E-state index is 0.0806. The maximum Gasteiger partial charge on any atom is 0.336 e. The number of carboxylic acids is 1. The number of carbonyl (C=O) groups is 1. The van der Waals surface area contributed by atoms with Crippen LogP contribution in [0.25, 0.3) is 10.9 Å². The number of fused-ring (bicyclic) bond motifs is 1. The summed E-state index contributed by atoms with van der Waals surface area (Å²) >= 11 is 0. The van der Waals surface area contributed by atoms with Gasteiger partial charge in [-0.3, -0.25) is 4.72 Å². The fraction of sp³-hybridized carbons (Fsp3) is 0.185. The zero-order chi connectivity index (χ0) is 25.3. The Hall–Kier alpha value is -4.11. The van der Waals surface area contributed by atoms with Gasteiger partial charge < -0.3 is 14.9 Å². The van der Waals surface area contributed by atoms with Crippen LogP contribution in [-0.4, -0.2) is 50.7 Å². The molecule has 0 amide bonds. The number of benzene rings is 3. The molecule has 1 aromatic heterocycles. The van der Waals surface area contributed by atoms with Crippen LogP contribution in [0.2, 0.25) is 0 Å². The number of pyridine rings is 1. The number of aromatic carboxylic acids is 1. The Morgan fingerprint density at radius 1 is 0.889 bits per heavy atom. The summed E-state index contributed by atoms with van der Waals surface area (Å²) in [4.78, 5) is 21.4. The van der Waals surface area contributed by atoms with E-state index < -0.39 is 16.0 Å². The van der Waals surface area contributed by atoms with Crippen molar-refractivity contribution in [1.29, 1.82) is 0 Å². The molecule has 3 aromatic carbocycles. The monoisotopic (exact) mass is 502 g/mol. The van der Waals surface area contributed by atoms with Crippen LogP contribution in [0.1, 0.15) is 15.9 Å². The molecule has 9 heteroatoms. The fourth-order valence-electron chi connectivity index (χ4n) is 4.44. The van der Waals surface area contributed by atoms with E-state index in [1.54, 1.807) is 30.3 Å². The van der Waals surface area contributed by atoms with Gasteiger partial charge in [0.2, 0.25) is 0 Å². The molecule has 0 aliphatic carbocycles. The van der Waals surface area contributed by atoms with E-state index >= 15 is 0 Å². The number of rotatable bonds is 6. The molecule has 36 heavy (non-hydrogen) atoms. The van der Waals surface area contributed by atoms with Crippen LogP contribution < -0.4 is 14.5 Å². The van der Waals surface area contributed by atoms with Gasteiger partial charge in [-0.1, -0.05) is 30.3 Å². The van der Waals surface area contributed by atoms with Gasteiger partial charge in [-0.15, -0.1) is 0 Å². The van der Waals surface area contributed by atoms with E-state index in [4.69, 9.17) is 4.98 Å². The second-order valence-electron chi connectivity index (χ2n) is 8.80. The Labute approximate surface area is 209 Å². The van der Waals surface area contributed by atoms with E-state index in [-0.39, 0.29) is 16.1 Å². The standard InChI is InChI=1S/C27H26N4O4S/c1-19-6-5-9-22(16-19)36(34,35)29-20-10-11-25-23(17-20)24(27(32)33)18-26(28-25)31-14-12-30(13-15-31)21-7-3-2-4-8-21/h2-11,16-18,29H,12-15H2,1H3,(H,32,33). The van der Waals surface area contributed by atoms with Crippen LogP contribution in [0.5, 0.6) is 0 Å². The topological polar surface area (TPSA) is 103 Å². The highest BCUT2D eigenvalue weighted by Gasteiger charge is 2.22. The maximum atomic E-state index is 12.8. The predicted octanol–water partition coefficient (Wildman–Crippen LogP) is 4.37. The molecule has 8 nitrogen and oxygen atoms in total. The summed E-state index contributed by atoms with van der Waals surface area (Å²) in [6.07, 6.45) is 0. The number of anilines is 3. The Kier molecular flexibility index (Phi) is 6.24. The van der Waals surface area contributed by atoms with Crippen LogP contribution >= 0.6 is 0 Å². The second-order valence-corrected chi connectivity index (χ2v) is 10.5. The summed E-state index contributed by atoms with van der Waals surface area (Å²) in [5, 5.41) is 10.3. The summed E-state index contributed by atoms with van der Waals surface area (Å²) in [5.74, 6) is -0.494. The maximum absolute atomic E-state index is 12.8. The smallest absolute Gasteiger partial charge is 0.336 e. The minimum atomic E-state index is -3.82. The molecule has 1 aliphatic heterocycles. The Morgan fingerprint density at radius 3 is 2.31 bits per heavy atom. The third kappa shape index (κ3) is 4.83. The van der Waals surface area contributed by atoms with Crippen molar-refractivity contribution in [2.24, 2.45) is 0 Å². The first-order valence-corrected chi connectivity index (χ1v) is 13.1. The Balaban J connectivity index is 1.41. The van der Waals surface area contributed by atoms with E-state index in [9.17, 15) is 18.3 Å². The molecule has 4 aromatic rings. The first-order chi connectivity index (χ1) is 17.3. The molecule has 0 spiro atoms. The molecular formula is C27H26N4O4S. The number of piperazine rings is 1. The van der Waals surface area contributed by atoms with Crippen molar-refractivity contribution >= 4 is 44.1 Å². The van der Waals surface area contributed by atoms with E-state index in [0.717, 1.165) is 24.3 Å². The Bertz CT molecular complexity index is 1530.